The number of amides is 2. The van der Waals surface area contributed by atoms with Crippen LogP contribution in [0, 0.1) is 0 Å². The number of ether oxygens (including phenoxy) is 1. The molecule has 0 saturated heterocycles. The van der Waals surface area contributed by atoms with Crippen LogP contribution in [0.25, 0.3) is 10.6 Å². The molecule has 2 amide bonds. The third-order valence-corrected chi connectivity index (χ3v) is 6.18. The molecule has 9 heteroatoms. The summed E-state index contributed by atoms with van der Waals surface area (Å²) in [5.74, 6) is 0.257. The third kappa shape index (κ3) is 6.05. The molecule has 1 aromatic heterocycles. The van der Waals surface area contributed by atoms with Crippen LogP contribution in [0.4, 0.5) is 5.13 Å². The molecule has 3 rings (SSSR count). The van der Waals surface area contributed by atoms with Gasteiger partial charge in [-0.05, 0) is 43.7 Å². The van der Waals surface area contributed by atoms with Crippen molar-refractivity contribution in [1.29, 1.82) is 0 Å². The molecule has 1 N–H and O–H groups in total. The van der Waals surface area contributed by atoms with Gasteiger partial charge in [0.05, 0.1) is 7.11 Å². The first-order valence-electron chi connectivity index (χ1n) is 10.3. The van der Waals surface area contributed by atoms with Crippen molar-refractivity contribution < 1.29 is 14.3 Å². The van der Waals surface area contributed by atoms with E-state index in [1.165, 1.54) is 11.3 Å². The Balaban J connectivity index is 1.63. The Morgan fingerprint density at radius 2 is 1.94 bits per heavy atom. The van der Waals surface area contributed by atoms with Gasteiger partial charge in [-0.3, -0.25) is 9.59 Å². The molecule has 2 aromatic carbocycles. The maximum atomic E-state index is 13.1. The van der Waals surface area contributed by atoms with Crippen LogP contribution in [0.5, 0.6) is 5.75 Å². The summed E-state index contributed by atoms with van der Waals surface area (Å²) in [7, 11) is 1.56. The van der Waals surface area contributed by atoms with Gasteiger partial charge in [-0.2, -0.15) is 0 Å². The predicted octanol–water partition coefficient (Wildman–Crippen LogP) is 5.14. The standard InChI is InChI=1S/C23H25ClN4O3S/c1-4-15(2)28(22(30)17-6-5-7-19(14-17)31-3)13-12-20(29)25-23-27-26-21(32-23)16-8-10-18(24)11-9-16/h5-11,14-15H,4,12-13H2,1-3H3,(H,25,27,29)/t15-/m1/s1. The van der Waals surface area contributed by atoms with Gasteiger partial charge < -0.3 is 15.0 Å². The van der Waals surface area contributed by atoms with Gasteiger partial charge in [0.2, 0.25) is 11.0 Å². The largest absolute Gasteiger partial charge is 0.497 e. The number of methoxy groups -OCH3 is 1. The number of aromatic nitrogens is 2. The summed E-state index contributed by atoms with van der Waals surface area (Å²) in [5.41, 5.74) is 1.40. The number of benzene rings is 2. The number of anilines is 1. The van der Waals surface area contributed by atoms with Gasteiger partial charge >= 0.3 is 0 Å². The van der Waals surface area contributed by atoms with Crippen LogP contribution in [0.15, 0.2) is 48.5 Å². The molecule has 1 atom stereocenters. The van der Waals surface area contributed by atoms with Gasteiger partial charge in [0.15, 0.2) is 0 Å². The van der Waals surface area contributed by atoms with Crippen LogP contribution in [0.2, 0.25) is 5.02 Å². The van der Waals surface area contributed by atoms with Crippen LogP contribution in [0.3, 0.4) is 0 Å². The van der Waals surface area contributed by atoms with E-state index in [2.05, 4.69) is 15.5 Å². The predicted molar refractivity (Wildman–Crippen MR) is 127 cm³/mol. The molecule has 0 saturated carbocycles. The minimum atomic E-state index is -0.226. The molecule has 0 aliphatic carbocycles. The molecule has 3 aromatic rings. The quantitative estimate of drug-likeness (QED) is 0.466. The zero-order valence-electron chi connectivity index (χ0n) is 18.2. The Kier molecular flexibility index (Phi) is 8.19. The lowest BCUT2D eigenvalue weighted by Crippen LogP contribution is -2.40. The van der Waals surface area contributed by atoms with Crippen LogP contribution in [-0.2, 0) is 4.79 Å². The Labute approximate surface area is 196 Å². The molecule has 32 heavy (non-hydrogen) atoms. The summed E-state index contributed by atoms with van der Waals surface area (Å²) < 4.78 is 5.22. The van der Waals surface area contributed by atoms with Crippen molar-refractivity contribution in [1.82, 2.24) is 15.1 Å². The summed E-state index contributed by atoms with van der Waals surface area (Å²) in [6.45, 7) is 4.27. The van der Waals surface area contributed by atoms with Crippen molar-refractivity contribution >= 4 is 39.9 Å². The first-order chi connectivity index (χ1) is 15.4. The van der Waals surface area contributed by atoms with Crippen LogP contribution >= 0.6 is 22.9 Å². The lowest BCUT2D eigenvalue weighted by Gasteiger charge is -2.28. The second-order valence-electron chi connectivity index (χ2n) is 7.21. The van der Waals surface area contributed by atoms with Crippen molar-refractivity contribution in [3.8, 4) is 16.3 Å². The average Bonchev–Trinajstić information content (AvgIpc) is 3.27. The summed E-state index contributed by atoms with van der Waals surface area (Å²) >= 11 is 7.20. The smallest absolute Gasteiger partial charge is 0.254 e. The van der Waals surface area contributed by atoms with Gasteiger partial charge in [0, 0.05) is 35.2 Å². The maximum Gasteiger partial charge on any atom is 0.254 e. The number of hydrogen-bond donors (Lipinski definition) is 1. The van der Waals surface area contributed by atoms with Gasteiger partial charge in [0.25, 0.3) is 5.91 Å². The number of hydrogen-bond acceptors (Lipinski definition) is 6. The maximum absolute atomic E-state index is 13.1. The van der Waals surface area contributed by atoms with E-state index in [0.29, 0.717) is 33.0 Å². The van der Waals surface area contributed by atoms with Crippen molar-refractivity contribution in [2.24, 2.45) is 0 Å². The molecule has 0 fully saturated rings. The average molecular weight is 473 g/mol. The monoisotopic (exact) mass is 472 g/mol. The third-order valence-electron chi connectivity index (χ3n) is 5.04. The highest BCUT2D eigenvalue weighted by molar-refractivity contribution is 7.18. The van der Waals surface area contributed by atoms with Crippen molar-refractivity contribution in [2.75, 3.05) is 19.0 Å². The van der Waals surface area contributed by atoms with E-state index < -0.39 is 0 Å². The lowest BCUT2D eigenvalue weighted by molar-refractivity contribution is -0.116. The highest BCUT2D eigenvalue weighted by Crippen LogP contribution is 2.27. The lowest BCUT2D eigenvalue weighted by atomic mass is 10.1. The fourth-order valence-electron chi connectivity index (χ4n) is 3.05. The molecular weight excluding hydrogens is 448 g/mol. The summed E-state index contributed by atoms with van der Waals surface area (Å²) in [6, 6.07) is 14.3. The minimum absolute atomic E-state index is 0.0143. The Hall–Kier alpha value is -2.97. The number of nitrogens with one attached hydrogen (secondary N) is 1. The molecule has 0 bridgehead atoms. The van der Waals surface area contributed by atoms with Crippen molar-refractivity contribution in [3.05, 3.63) is 59.1 Å². The second-order valence-corrected chi connectivity index (χ2v) is 8.62. The van der Waals surface area contributed by atoms with E-state index in [0.717, 1.165) is 12.0 Å². The topological polar surface area (TPSA) is 84.4 Å². The fourth-order valence-corrected chi connectivity index (χ4v) is 3.94. The molecule has 0 aliphatic heterocycles. The SMILES string of the molecule is CC[C@@H](C)N(CCC(=O)Nc1nnc(-c2ccc(Cl)cc2)s1)C(=O)c1cccc(OC)c1. The number of carbonyl (C=O) groups is 2. The fraction of sp³-hybridized carbons (Fsp3) is 0.304. The zero-order chi connectivity index (χ0) is 23.1. The summed E-state index contributed by atoms with van der Waals surface area (Å²) in [4.78, 5) is 27.3. The zero-order valence-corrected chi connectivity index (χ0v) is 19.7. The van der Waals surface area contributed by atoms with E-state index in [1.807, 2.05) is 26.0 Å². The highest BCUT2D eigenvalue weighted by Gasteiger charge is 2.22. The Morgan fingerprint density at radius 3 is 2.62 bits per heavy atom. The van der Waals surface area contributed by atoms with Gasteiger partial charge in [-0.15, -0.1) is 10.2 Å². The number of nitrogens with zero attached hydrogens (tertiary/aromatic N) is 3. The number of rotatable bonds is 9. The van der Waals surface area contributed by atoms with E-state index in [-0.39, 0.29) is 24.3 Å². The van der Waals surface area contributed by atoms with E-state index in [1.54, 1.807) is 48.4 Å². The summed E-state index contributed by atoms with van der Waals surface area (Å²) in [5, 5.41) is 12.7. The van der Waals surface area contributed by atoms with Gasteiger partial charge in [-0.1, -0.05) is 48.1 Å². The highest BCUT2D eigenvalue weighted by atomic mass is 35.5. The number of carbonyl (C=O) groups excluding carboxylic acids is 2. The molecular formula is C23H25ClN4O3S. The summed E-state index contributed by atoms with van der Waals surface area (Å²) in [6.07, 6.45) is 0.925. The van der Waals surface area contributed by atoms with E-state index in [4.69, 9.17) is 16.3 Å². The van der Waals surface area contributed by atoms with Gasteiger partial charge in [0.1, 0.15) is 10.8 Å². The number of halogens is 1. The molecule has 0 aliphatic rings. The first kappa shape index (κ1) is 23.7. The van der Waals surface area contributed by atoms with Gasteiger partial charge in [-0.25, -0.2) is 0 Å². The minimum Gasteiger partial charge on any atom is -0.497 e. The first-order valence-corrected chi connectivity index (χ1v) is 11.4. The molecule has 1 heterocycles. The molecule has 7 nitrogen and oxygen atoms in total. The Morgan fingerprint density at radius 1 is 1.19 bits per heavy atom. The normalized spacial score (nSPS) is 11.6. The second kappa shape index (κ2) is 11.1. The Bertz CT molecular complexity index is 1070. The van der Waals surface area contributed by atoms with Crippen molar-refractivity contribution in [3.63, 3.8) is 0 Å². The van der Waals surface area contributed by atoms with E-state index >= 15 is 0 Å². The van der Waals surface area contributed by atoms with Crippen molar-refractivity contribution in [2.45, 2.75) is 32.7 Å². The van der Waals surface area contributed by atoms with Crippen LogP contribution in [-0.4, -0.2) is 46.6 Å². The van der Waals surface area contributed by atoms with E-state index in [9.17, 15) is 9.59 Å². The molecule has 0 spiro atoms. The van der Waals surface area contributed by atoms with Crippen LogP contribution in [0.1, 0.15) is 37.0 Å². The molecule has 0 unspecified atom stereocenters. The molecule has 168 valence electrons. The molecule has 0 radical (unpaired) electrons. The van der Waals surface area contributed by atoms with Crippen LogP contribution < -0.4 is 10.1 Å².